The highest BCUT2D eigenvalue weighted by atomic mass is 16.5. The first-order chi connectivity index (χ1) is 7.81. The molecule has 0 radical (unpaired) electrons. The van der Waals surface area contributed by atoms with Crippen LogP contribution >= 0.6 is 0 Å². The van der Waals surface area contributed by atoms with E-state index in [2.05, 4.69) is 6.07 Å². The van der Waals surface area contributed by atoms with E-state index in [9.17, 15) is 0 Å². The number of aryl methyl sites for hydroxylation is 1. The maximum Gasteiger partial charge on any atom is 0.160 e. The average Bonchev–Trinajstić information content (AvgIpc) is 2.34. The zero-order chi connectivity index (χ0) is 11.8. The summed E-state index contributed by atoms with van der Waals surface area (Å²) in [5.41, 5.74) is 1.22. The fourth-order valence-corrected chi connectivity index (χ4v) is 1.57. The Morgan fingerprint density at radius 2 is 1.88 bits per heavy atom. The minimum absolute atomic E-state index is 0.632. The summed E-state index contributed by atoms with van der Waals surface area (Å²) < 4.78 is 10.4. The Bertz CT molecular complexity index is 369. The second-order valence-corrected chi connectivity index (χ2v) is 3.55. The van der Waals surface area contributed by atoms with Crippen molar-refractivity contribution in [2.45, 2.75) is 25.7 Å². The molecule has 0 N–H and O–H groups in total. The molecule has 0 aromatic heterocycles. The van der Waals surface area contributed by atoms with Crippen molar-refractivity contribution < 1.29 is 9.47 Å². The summed E-state index contributed by atoms with van der Waals surface area (Å²) in [6.07, 6.45) is 3.59. The standard InChI is InChI=1S/C13H17NO2/c1-15-12-8-7-11(10-13(12)16-2)6-4-3-5-9-14/h7-8,10H,3-6H2,1-2H3. The summed E-state index contributed by atoms with van der Waals surface area (Å²) in [6, 6.07) is 8.09. The third-order valence-electron chi connectivity index (χ3n) is 2.45. The lowest BCUT2D eigenvalue weighted by molar-refractivity contribution is 0.354. The number of ether oxygens (including phenoxy) is 2. The predicted octanol–water partition coefficient (Wildman–Crippen LogP) is 2.94. The number of hydrogen-bond donors (Lipinski definition) is 0. The number of hydrogen-bond acceptors (Lipinski definition) is 3. The van der Waals surface area contributed by atoms with E-state index in [1.165, 1.54) is 5.56 Å². The highest BCUT2D eigenvalue weighted by Gasteiger charge is 2.03. The molecule has 0 saturated heterocycles. The molecular formula is C13H17NO2. The maximum atomic E-state index is 8.43. The Hall–Kier alpha value is -1.69. The summed E-state index contributed by atoms with van der Waals surface area (Å²) in [7, 11) is 3.27. The van der Waals surface area contributed by atoms with Gasteiger partial charge in [0.1, 0.15) is 0 Å². The van der Waals surface area contributed by atoms with Gasteiger partial charge in [0.05, 0.1) is 20.3 Å². The van der Waals surface area contributed by atoms with Crippen LogP contribution in [0.3, 0.4) is 0 Å². The summed E-state index contributed by atoms with van der Waals surface area (Å²) in [5.74, 6) is 1.52. The van der Waals surface area contributed by atoms with E-state index in [4.69, 9.17) is 14.7 Å². The predicted molar refractivity (Wildman–Crippen MR) is 62.7 cm³/mol. The van der Waals surface area contributed by atoms with Crippen LogP contribution in [0.5, 0.6) is 11.5 Å². The summed E-state index contributed by atoms with van der Waals surface area (Å²) >= 11 is 0. The van der Waals surface area contributed by atoms with Crippen molar-refractivity contribution in [1.29, 1.82) is 5.26 Å². The lowest BCUT2D eigenvalue weighted by Crippen LogP contribution is -1.93. The molecule has 1 rings (SSSR count). The van der Waals surface area contributed by atoms with Gasteiger partial charge in [-0.15, -0.1) is 0 Å². The van der Waals surface area contributed by atoms with E-state index in [0.717, 1.165) is 30.8 Å². The molecule has 0 amide bonds. The lowest BCUT2D eigenvalue weighted by Gasteiger charge is -2.09. The third kappa shape index (κ3) is 3.47. The zero-order valence-corrected chi connectivity index (χ0v) is 9.82. The van der Waals surface area contributed by atoms with Gasteiger partial charge in [-0.25, -0.2) is 0 Å². The molecule has 1 aromatic carbocycles. The molecule has 0 fully saturated rings. The number of rotatable bonds is 6. The highest BCUT2D eigenvalue weighted by molar-refractivity contribution is 5.42. The normalized spacial score (nSPS) is 9.56. The molecule has 16 heavy (non-hydrogen) atoms. The van der Waals surface area contributed by atoms with Crippen molar-refractivity contribution in [1.82, 2.24) is 0 Å². The van der Waals surface area contributed by atoms with Gasteiger partial charge in [-0.1, -0.05) is 6.07 Å². The first-order valence-corrected chi connectivity index (χ1v) is 5.39. The van der Waals surface area contributed by atoms with Crippen LogP contribution in [0.15, 0.2) is 18.2 Å². The zero-order valence-electron chi connectivity index (χ0n) is 9.82. The van der Waals surface area contributed by atoms with Crippen molar-refractivity contribution in [3.63, 3.8) is 0 Å². The van der Waals surface area contributed by atoms with Crippen molar-refractivity contribution in [2.24, 2.45) is 0 Å². The topological polar surface area (TPSA) is 42.2 Å². The Kier molecular flexibility index (Phi) is 5.21. The van der Waals surface area contributed by atoms with Crippen LogP contribution in [0.4, 0.5) is 0 Å². The summed E-state index contributed by atoms with van der Waals surface area (Å²) in [6.45, 7) is 0. The molecule has 3 heteroatoms. The lowest BCUT2D eigenvalue weighted by atomic mass is 10.1. The van der Waals surface area contributed by atoms with E-state index in [-0.39, 0.29) is 0 Å². The van der Waals surface area contributed by atoms with E-state index < -0.39 is 0 Å². The van der Waals surface area contributed by atoms with Gasteiger partial charge >= 0.3 is 0 Å². The van der Waals surface area contributed by atoms with Gasteiger partial charge in [0.25, 0.3) is 0 Å². The Balaban J connectivity index is 2.58. The van der Waals surface area contributed by atoms with Crippen LogP contribution in [0.1, 0.15) is 24.8 Å². The molecule has 1 aromatic rings. The maximum absolute atomic E-state index is 8.43. The van der Waals surface area contributed by atoms with Gasteiger partial charge in [-0.3, -0.25) is 0 Å². The van der Waals surface area contributed by atoms with Crippen LogP contribution in [0.2, 0.25) is 0 Å². The fourth-order valence-electron chi connectivity index (χ4n) is 1.57. The first-order valence-electron chi connectivity index (χ1n) is 5.39. The summed E-state index contributed by atoms with van der Waals surface area (Å²) in [5, 5.41) is 8.43. The monoisotopic (exact) mass is 219 g/mol. The minimum Gasteiger partial charge on any atom is -0.493 e. The second kappa shape index (κ2) is 6.73. The van der Waals surface area contributed by atoms with Gasteiger partial charge in [0.15, 0.2) is 11.5 Å². The van der Waals surface area contributed by atoms with Crippen molar-refractivity contribution >= 4 is 0 Å². The van der Waals surface area contributed by atoms with E-state index in [1.807, 2.05) is 18.2 Å². The Morgan fingerprint density at radius 3 is 2.50 bits per heavy atom. The van der Waals surface area contributed by atoms with Crippen LogP contribution in [-0.2, 0) is 6.42 Å². The first kappa shape index (κ1) is 12.4. The second-order valence-electron chi connectivity index (χ2n) is 3.55. The number of methoxy groups -OCH3 is 2. The third-order valence-corrected chi connectivity index (χ3v) is 2.45. The van der Waals surface area contributed by atoms with Crippen molar-refractivity contribution in [2.75, 3.05) is 14.2 Å². The largest absolute Gasteiger partial charge is 0.493 e. The van der Waals surface area contributed by atoms with E-state index in [0.29, 0.717) is 6.42 Å². The fraction of sp³-hybridized carbons (Fsp3) is 0.462. The molecule has 0 unspecified atom stereocenters. The molecule has 0 spiro atoms. The van der Waals surface area contributed by atoms with Crippen molar-refractivity contribution in [3.05, 3.63) is 23.8 Å². The van der Waals surface area contributed by atoms with Gasteiger partial charge in [0.2, 0.25) is 0 Å². The average molecular weight is 219 g/mol. The molecule has 0 atom stereocenters. The minimum atomic E-state index is 0.632. The van der Waals surface area contributed by atoms with E-state index in [1.54, 1.807) is 14.2 Å². The molecular weight excluding hydrogens is 202 g/mol. The Labute approximate surface area is 96.6 Å². The highest BCUT2D eigenvalue weighted by Crippen LogP contribution is 2.28. The van der Waals surface area contributed by atoms with Crippen LogP contribution in [0, 0.1) is 11.3 Å². The molecule has 0 aliphatic heterocycles. The number of benzene rings is 1. The molecule has 0 aliphatic carbocycles. The van der Waals surface area contributed by atoms with E-state index >= 15 is 0 Å². The van der Waals surface area contributed by atoms with Gasteiger partial charge < -0.3 is 9.47 Å². The smallest absolute Gasteiger partial charge is 0.160 e. The molecule has 0 bridgehead atoms. The SMILES string of the molecule is COc1ccc(CCCCC#N)cc1OC. The molecule has 0 aliphatic rings. The quantitative estimate of drug-likeness (QED) is 0.691. The number of unbranched alkanes of at least 4 members (excludes halogenated alkanes) is 2. The molecule has 3 nitrogen and oxygen atoms in total. The molecule has 0 saturated carbocycles. The summed E-state index contributed by atoms with van der Waals surface area (Å²) in [4.78, 5) is 0. The number of nitrogens with zero attached hydrogens (tertiary/aromatic N) is 1. The van der Waals surface area contributed by atoms with Crippen molar-refractivity contribution in [3.8, 4) is 17.6 Å². The van der Waals surface area contributed by atoms with Gasteiger partial charge in [-0.05, 0) is 37.0 Å². The Morgan fingerprint density at radius 1 is 1.12 bits per heavy atom. The van der Waals surface area contributed by atoms with Gasteiger partial charge in [0, 0.05) is 6.42 Å². The molecule has 0 heterocycles. The van der Waals surface area contributed by atoms with Crippen LogP contribution < -0.4 is 9.47 Å². The van der Waals surface area contributed by atoms with Crippen LogP contribution in [0.25, 0.3) is 0 Å². The van der Waals surface area contributed by atoms with Gasteiger partial charge in [-0.2, -0.15) is 5.26 Å². The number of nitriles is 1. The molecule has 86 valence electrons. The van der Waals surface area contributed by atoms with Crippen LogP contribution in [-0.4, -0.2) is 14.2 Å².